The number of carbonyl (C=O) groups is 2. The minimum Gasteiger partial charge on any atom is -0.493 e. The van der Waals surface area contributed by atoms with Crippen LogP contribution >= 0.6 is 15.9 Å². The number of anilines is 2. The summed E-state index contributed by atoms with van der Waals surface area (Å²) in [7, 11) is 1.57. The lowest BCUT2D eigenvalue weighted by molar-refractivity contribution is -0.133. The number of hydrogen-bond donors (Lipinski definition) is 1. The molecule has 0 aliphatic heterocycles. The number of ether oxygens (including phenoxy) is 5. The van der Waals surface area contributed by atoms with E-state index < -0.39 is 23.0 Å². The van der Waals surface area contributed by atoms with Gasteiger partial charge in [0.2, 0.25) is 11.8 Å². The van der Waals surface area contributed by atoms with Crippen LogP contribution in [0.4, 0.5) is 15.8 Å². The third-order valence-electron chi connectivity index (χ3n) is 7.92. The average molecular weight is 725 g/mol. The maximum Gasteiger partial charge on any atom is 0.247 e. The lowest BCUT2D eigenvalue weighted by atomic mass is 10.0. The van der Waals surface area contributed by atoms with Gasteiger partial charge in [-0.3, -0.25) is 19.5 Å². The number of primary amides is 1. The first-order valence-electron chi connectivity index (χ1n) is 15.9. The van der Waals surface area contributed by atoms with Crippen LogP contribution in [-0.2, 0) is 19.1 Å². The highest BCUT2D eigenvalue weighted by Crippen LogP contribution is 2.49. The van der Waals surface area contributed by atoms with E-state index in [-0.39, 0.29) is 0 Å². The van der Waals surface area contributed by atoms with Gasteiger partial charge in [0.25, 0.3) is 0 Å². The monoisotopic (exact) mass is 723 g/mol. The Morgan fingerprint density at radius 3 is 2.08 bits per heavy atom. The Hall–Kier alpha value is -4.26. The molecule has 0 bridgehead atoms. The molecule has 4 aromatic rings. The second-order valence-corrected chi connectivity index (χ2v) is 12.1. The number of methoxy groups -OCH3 is 1. The van der Waals surface area contributed by atoms with Crippen LogP contribution in [0.2, 0.25) is 0 Å². The summed E-state index contributed by atoms with van der Waals surface area (Å²) < 4.78 is 42.8. The van der Waals surface area contributed by atoms with Crippen molar-refractivity contribution in [3.05, 3.63) is 78.7 Å². The van der Waals surface area contributed by atoms with Gasteiger partial charge in [-0.05, 0) is 86.3 Å². The number of halogens is 2. The molecule has 0 atom stereocenters. The SMILES string of the molecule is COc1cc2c(Oc3ccc(N(C(=O)C4(C(N)=O)CC4)c4ccc(F)cc4)cc3)ccnc2cc1OCCCOCCCOCCCBr. The van der Waals surface area contributed by atoms with Gasteiger partial charge in [-0.1, -0.05) is 15.9 Å². The maximum atomic E-state index is 13.7. The Balaban J connectivity index is 1.24. The maximum absolute atomic E-state index is 13.7. The fourth-order valence-electron chi connectivity index (χ4n) is 5.13. The highest BCUT2D eigenvalue weighted by atomic mass is 79.9. The topological polar surface area (TPSA) is 122 Å². The zero-order valence-corrected chi connectivity index (χ0v) is 28.4. The van der Waals surface area contributed by atoms with Crippen molar-refractivity contribution in [2.75, 3.05) is 50.4 Å². The van der Waals surface area contributed by atoms with Crippen molar-refractivity contribution >= 4 is 50.0 Å². The van der Waals surface area contributed by atoms with E-state index in [1.165, 1.54) is 29.2 Å². The summed E-state index contributed by atoms with van der Waals surface area (Å²) >= 11 is 3.39. The van der Waals surface area contributed by atoms with Crippen molar-refractivity contribution in [3.63, 3.8) is 0 Å². The van der Waals surface area contributed by atoms with Crippen LogP contribution in [0, 0.1) is 11.2 Å². The van der Waals surface area contributed by atoms with E-state index in [1.54, 1.807) is 43.6 Å². The largest absolute Gasteiger partial charge is 0.493 e. The molecule has 48 heavy (non-hydrogen) atoms. The summed E-state index contributed by atoms with van der Waals surface area (Å²) in [6.07, 6.45) is 4.95. The summed E-state index contributed by atoms with van der Waals surface area (Å²) in [6, 6.07) is 17.7. The molecule has 3 aromatic carbocycles. The predicted octanol–water partition coefficient (Wildman–Crippen LogP) is 7.08. The molecule has 0 saturated heterocycles. The van der Waals surface area contributed by atoms with Crippen LogP contribution in [-0.4, -0.2) is 62.3 Å². The first-order chi connectivity index (χ1) is 23.4. The summed E-state index contributed by atoms with van der Waals surface area (Å²) in [5, 5.41) is 1.66. The summed E-state index contributed by atoms with van der Waals surface area (Å²) in [5.74, 6) is 0.580. The molecule has 254 valence electrons. The Bertz CT molecular complexity index is 1680. The van der Waals surface area contributed by atoms with Gasteiger partial charge < -0.3 is 29.4 Å². The van der Waals surface area contributed by atoms with Crippen LogP contribution in [0.25, 0.3) is 10.9 Å². The van der Waals surface area contributed by atoms with Gasteiger partial charge in [-0.15, -0.1) is 0 Å². The van der Waals surface area contributed by atoms with Crippen molar-refractivity contribution in [2.24, 2.45) is 11.1 Å². The molecule has 0 radical (unpaired) electrons. The predicted molar refractivity (Wildman–Crippen MR) is 184 cm³/mol. The Kier molecular flexibility index (Phi) is 12.2. The second-order valence-electron chi connectivity index (χ2n) is 11.3. The first kappa shape index (κ1) is 35.1. The quantitative estimate of drug-likeness (QED) is 0.0619. The third-order valence-corrected chi connectivity index (χ3v) is 8.48. The van der Waals surface area contributed by atoms with Gasteiger partial charge in [0.1, 0.15) is 22.7 Å². The van der Waals surface area contributed by atoms with E-state index in [9.17, 15) is 14.0 Å². The van der Waals surface area contributed by atoms with Gasteiger partial charge >= 0.3 is 0 Å². The Morgan fingerprint density at radius 2 is 1.48 bits per heavy atom. The number of pyridine rings is 1. The molecule has 10 nitrogen and oxygen atoms in total. The number of nitrogens with two attached hydrogens (primary N) is 1. The van der Waals surface area contributed by atoms with Gasteiger partial charge in [0.05, 0.1) is 19.2 Å². The molecule has 1 aliphatic rings. The van der Waals surface area contributed by atoms with Gasteiger partial charge in [-0.25, -0.2) is 4.39 Å². The van der Waals surface area contributed by atoms with Crippen LogP contribution in [0.1, 0.15) is 32.1 Å². The first-order valence-corrected chi connectivity index (χ1v) is 17.0. The molecular weight excluding hydrogens is 685 g/mol. The van der Waals surface area contributed by atoms with E-state index in [4.69, 9.17) is 29.4 Å². The molecule has 1 fully saturated rings. The van der Waals surface area contributed by atoms with Crippen molar-refractivity contribution in [1.82, 2.24) is 4.98 Å². The van der Waals surface area contributed by atoms with Crippen LogP contribution in [0.5, 0.6) is 23.0 Å². The third kappa shape index (κ3) is 8.60. The Labute approximate surface area is 287 Å². The molecule has 1 aliphatic carbocycles. The van der Waals surface area contributed by atoms with Crippen molar-refractivity contribution in [1.29, 1.82) is 0 Å². The standard InChI is InChI=1S/C36H39BrFN3O7/c1-44-32-23-29-30(24-33(32)47-22-4-21-46-20-3-19-45-18-2-16-37)40-17-13-31(29)48-28-11-9-27(10-12-28)41(26-7-5-25(38)6-8-26)35(43)36(14-15-36)34(39)42/h5-13,17,23-24H,2-4,14-16,18-22H2,1H3,(H2,39,42). The number of carbonyl (C=O) groups excluding carboxylic acids is 2. The smallest absolute Gasteiger partial charge is 0.247 e. The fourth-order valence-corrected chi connectivity index (χ4v) is 5.35. The highest BCUT2D eigenvalue weighted by Gasteiger charge is 2.57. The number of fused-ring (bicyclic) bond motifs is 1. The van der Waals surface area contributed by atoms with Crippen molar-refractivity contribution in [3.8, 4) is 23.0 Å². The minimum atomic E-state index is -1.27. The second kappa shape index (κ2) is 16.7. The molecule has 1 heterocycles. The summed E-state index contributed by atoms with van der Waals surface area (Å²) in [6.45, 7) is 3.12. The number of rotatable bonds is 19. The normalized spacial score (nSPS) is 13.2. The molecular formula is C36H39BrFN3O7. The van der Waals surface area contributed by atoms with Crippen molar-refractivity contribution < 1.29 is 37.7 Å². The Morgan fingerprint density at radius 1 is 0.854 bits per heavy atom. The van der Waals surface area contributed by atoms with Crippen LogP contribution < -0.4 is 24.8 Å². The van der Waals surface area contributed by atoms with Gasteiger partial charge in [0, 0.05) is 67.2 Å². The van der Waals surface area contributed by atoms with Gasteiger partial charge in [0.15, 0.2) is 11.5 Å². The van der Waals surface area contributed by atoms with Crippen LogP contribution in [0.15, 0.2) is 72.9 Å². The molecule has 1 saturated carbocycles. The lowest BCUT2D eigenvalue weighted by Gasteiger charge is -2.26. The molecule has 2 amide bonds. The molecule has 1 aromatic heterocycles. The number of amides is 2. The summed E-state index contributed by atoms with van der Waals surface area (Å²) in [5.41, 5.74) is 5.90. The molecule has 0 unspecified atom stereocenters. The number of aromatic nitrogens is 1. The molecule has 0 spiro atoms. The van der Waals surface area contributed by atoms with Gasteiger partial charge in [-0.2, -0.15) is 0 Å². The highest BCUT2D eigenvalue weighted by molar-refractivity contribution is 9.09. The van der Waals surface area contributed by atoms with E-state index >= 15 is 0 Å². The zero-order chi connectivity index (χ0) is 33.9. The van der Waals surface area contributed by atoms with Crippen LogP contribution in [0.3, 0.4) is 0 Å². The number of hydrogen-bond acceptors (Lipinski definition) is 8. The van der Waals surface area contributed by atoms with Crippen molar-refractivity contribution in [2.45, 2.75) is 32.1 Å². The lowest BCUT2D eigenvalue weighted by Crippen LogP contribution is -2.41. The molecule has 12 heteroatoms. The molecule has 5 rings (SSSR count). The zero-order valence-electron chi connectivity index (χ0n) is 26.8. The number of benzene rings is 3. The summed E-state index contributed by atoms with van der Waals surface area (Å²) in [4.78, 5) is 31.7. The van der Waals surface area contributed by atoms with E-state index in [0.29, 0.717) is 91.0 Å². The number of nitrogens with zero attached hydrogens (tertiary/aromatic N) is 2. The minimum absolute atomic E-state index is 0.369. The van der Waals surface area contributed by atoms with E-state index in [0.717, 1.165) is 24.8 Å². The average Bonchev–Trinajstić information content (AvgIpc) is 3.91. The fraction of sp³-hybridized carbons (Fsp3) is 0.361. The number of alkyl halides is 1. The van der Waals surface area contributed by atoms with E-state index in [2.05, 4.69) is 20.9 Å². The van der Waals surface area contributed by atoms with E-state index in [1.807, 2.05) is 12.1 Å². The molecule has 2 N–H and O–H groups in total.